The third kappa shape index (κ3) is 3.14. The first-order chi connectivity index (χ1) is 17.0. The quantitative estimate of drug-likeness (QED) is 0.422. The average Bonchev–Trinajstić information content (AvgIpc) is 3.04. The minimum absolute atomic E-state index is 0.0329. The predicted molar refractivity (Wildman–Crippen MR) is 127 cm³/mol. The number of hydrogen-bond acceptors (Lipinski definition) is 4. The first kappa shape index (κ1) is 22.8. The van der Waals surface area contributed by atoms with Crippen molar-refractivity contribution in [2.24, 2.45) is 64.1 Å². The van der Waals surface area contributed by atoms with Crippen LogP contribution in [0.5, 0.6) is 0 Å². The second-order valence-electron chi connectivity index (χ2n) is 15.4. The van der Waals surface area contributed by atoms with Gasteiger partial charge in [0.1, 0.15) is 5.60 Å². The summed E-state index contributed by atoms with van der Waals surface area (Å²) in [7, 11) is 0. The van der Waals surface area contributed by atoms with E-state index in [1.54, 1.807) is 0 Å². The van der Waals surface area contributed by atoms with Crippen LogP contribution in [0.15, 0.2) is 0 Å². The van der Waals surface area contributed by atoms with E-state index < -0.39 is 17.5 Å². The topological polar surface area (TPSA) is 52.6 Å². The number of carbonyl (C=O) groups is 2. The number of carbonyl (C=O) groups excluding carboxylic acids is 2. The zero-order valence-electron chi connectivity index (χ0n) is 21.5. The normalized spacial score (nSPS) is 55.1. The molecule has 10 atom stereocenters. The molecule has 11 rings (SSSR count). The van der Waals surface area contributed by atoms with Crippen molar-refractivity contribution in [2.75, 3.05) is 6.61 Å². The molecule has 0 saturated heterocycles. The standard InChI is InChI=1S/C30H40F2O4/c1-27(31,32)25(33)35-15-28-7-17-2-18(8-28)10-30(9-17,14-28)36-26(34)29-11-20-6-19-3-16-4-21(20)24(13-29)22(5-16)23(19)12-29/h16-24H,2-15H2,1H3. The van der Waals surface area contributed by atoms with Gasteiger partial charge >= 0.3 is 17.9 Å². The number of hydrogen-bond donors (Lipinski definition) is 0. The van der Waals surface area contributed by atoms with Crippen LogP contribution >= 0.6 is 0 Å². The van der Waals surface area contributed by atoms with Crippen molar-refractivity contribution in [1.29, 1.82) is 0 Å². The fourth-order valence-electron chi connectivity index (χ4n) is 12.6. The zero-order valence-corrected chi connectivity index (χ0v) is 21.5. The first-order valence-electron chi connectivity index (χ1n) is 14.8. The first-order valence-corrected chi connectivity index (χ1v) is 14.8. The van der Waals surface area contributed by atoms with Gasteiger partial charge in [0.05, 0.1) is 12.0 Å². The number of esters is 2. The van der Waals surface area contributed by atoms with Crippen LogP contribution in [-0.4, -0.2) is 30.1 Å². The van der Waals surface area contributed by atoms with E-state index in [2.05, 4.69) is 0 Å². The monoisotopic (exact) mass is 502 g/mol. The van der Waals surface area contributed by atoms with Crippen molar-refractivity contribution >= 4 is 11.9 Å². The summed E-state index contributed by atoms with van der Waals surface area (Å²) < 4.78 is 38.9. The maximum absolute atomic E-state index is 14.3. The molecule has 36 heavy (non-hydrogen) atoms. The van der Waals surface area contributed by atoms with Gasteiger partial charge in [0, 0.05) is 12.3 Å². The van der Waals surface area contributed by atoms with Gasteiger partial charge in [-0.15, -0.1) is 0 Å². The summed E-state index contributed by atoms with van der Waals surface area (Å²) in [5.74, 6) is 1.69. The third-order valence-electron chi connectivity index (χ3n) is 13.0. The Morgan fingerprint density at radius 2 is 1.50 bits per heavy atom. The second kappa shape index (κ2) is 7.05. The van der Waals surface area contributed by atoms with E-state index in [0.717, 1.165) is 86.9 Å². The Bertz CT molecular complexity index is 979. The highest BCUT2D eigenvalue weighted by atomic mass is 19.3. The van der Waals surface area contributed by atoms with Gasteiger partial charge in [-0.3, -0.25) is 4.79 Å². The summed E-state index contributed by atoms with van der Waals surface area (Å²) in [6.07, 6.45) is 14.1. The van der Waals surface area contributed by atoms with Crippen molar-refractivity contribution in [3.05, 3.63) is 0 Å². The molecule has 0 aliphatic heterocycles. The van der Waals surface area contributed by atoms with Gasteiger partial charge in [0.15, 0.2) is 0 Å². The van der Waals surface area contributed by atoms with E-state index in [0.29, 0.717) is 31.1 Å². The molecule has 6 heteroatoms. The molecule has 0 aromatic carbocycles. The molecule has 198 valence electrons. The fraction of sp³-hybridized carbons (Fsp3) is 0.933. The fourth-order valence-corrected chi connectivity index (χ4v) is 12.6. The number of ether oxygens (including phenoxy) is 2. The Labute approximate surface area is 212 Å². The van der Waals surface area contributed by atoms with Crippen LogP contribution < -0.4 is 0 Å². The van der Waals surface area contributed by atoms with Crippen molar-refractivity contribution in [3.8, 4) is 0 Å². The van der Waals surface area contributed by atoms with E-state index >= 15 is 0 Å². The summed E-state index contributed by atoms with van der Waals surface area (Å²) in [6.45, 7) is 0.634. The molecule has 0 aromatic rings. The van der Waals surface area contributed by atoms with Gasteiger partial charge in [-0.05, 0) is 137 Å². The van der Waals surface area contributed by atoms with Crippen LogP contribution in [-0.2, 0) is 19.1 Å². The Hall–Kier alpha value is -1.20. The minimum atomic E-state index is -3.47. The van der Waals surface area contributed by atoms with Crippen LogP contribution in [0.2, 0.25) is 0 Å². The van der Waals surface area contributed by atoms with Gasteiger partial charge in [0.25, 0.3) is 0 Å². The predicted octanol–water partition coefficient (Wildman–Crippen LogP) is 6.17. The number of halogens is 2. The maximum atomic E-state index is 14.3. The molecule has 11 aliphatic carbocycles. The molecule has 11 saturated carbocycles. The van der Waals surface area contributed by atoms with Gasteiger partial charge in [0.2, 0.25) is 0 Å². The second-order valence-corrected chi connectivity index (χ2v) is 15.4. The van der Waals surface area contributed by atoms with Gasteiger partial charge in [-0.2, -0.15) is 8.78 Å². The van der Waals surface area contributed by atoms with Crippen LogP contribution in [0.4, 0.5) is 8.78 Å². The van der Waals surface area contributed by atoms with E-state index in [1.807, 2.05) is 0 Å². The largest absolute Gasteiger partial charge is 0.461 e. The lowest BCUT2D eigenvalue weighted by atomic mass is 9.45. The Balaban J connectivity index is 1.04. The van der Waals surface area contributed by atoms with Crippen molar-refractivity contribution in [2.45, 2.75) is 102 Å². The molecule has 0 amide bonds. The van der Waals surface area contributed by atoms with Crippen molar-refractivity contribution in [1.82, 2.24) is 0 Å². The zero-order chi connectivity index (χ0) is 24.7. The molecule has 0 aromatic heterocycles. The van der Waals surface area contributed by atoms with E-state index in [1.165, 1.54) is 25.7 Å². The maximum Gasteiger partial charge on any atom is 0.376 e. The molecule has 10 unspecified atom stereocenters. The molecule has 0 spiro atoms. The lowest BCUT2D eigenvalue weighted by molar-refractivity contribution is -0.228. The summed E-state index contributed by atoms with van der Waals surface area (Å²) in [4.78, 5) is 26.1. The third-order valence-corrected chi connectivity index (χ3v) is 13.0. The Morgan fingerprint density at radius 3 is 2.25 bits per heavy atom. The highest BCUT2D eigenvalue weighted by molar-refractivity contribution is 5.78. The van der Waals surface area contributed by atoms with Crippen molar-refractivity contribution < 1.29 is 27.8 Å². The van der Waals surface area contributed by atoms with Gasteiger partial charge in [-0.1, -0.05) is 0 Å². The Kier molecular flexibility index (Phi) is 4.46. The number of rotatable bonds is 5. The van der Waals surface area contributed by atoms with Gasteiger partial charge < -0.3 is 9.47 Å². The lowest BCUT2D eigenvalue weighted by Gasteiger charge is -2.62. The van der Waals surface area contributed by atoms with Crippen LogP contribution in [0.25, 0.3) is 0 Å². The molecule has 11 aliphatic rings. The SMILES string of the molecule is CC(F)(F)C(=O)OCC12CC3CC(C1)CC(OC(=O)C14CC5CC6CC7CC5C(C1)C(C7)C6C4)(C3)C2. The summed E-state index contributed by atoms with van der Waals surface area (Å²) >= 11 is 0. The smallest absolute Gasteiger partial charge is 0.376 e. The molecular formula is C30H40F2O4. The van der Waals surface area contributed by atoms with E-state index in [9.17, 15) is 18.4 Å². The highest BCUT2D eigenvalue weighted by Crippen LogP contribution is 2.71. The van der Waals surface area contributed by atoms with Crippen LogP contribution in [0.3, 0.4) is 0 Å². The summed E-state index contributed by atoms with van der Waals surface area (Å²) in [5, 5.41) is 0. The van der Waals surface area contributed by atoms with Crippen LogP contribution in [0.1, 0.15) is 90.4 Å². The number of alkyl halides is 2. The van der Waals surface area contributed by atoms with Crippen LogP contribution in [0, 0.1) is 64.1 Å². The molecule has 0 N–H and O–H groups in total. The molecule has 4 nitrogen and oxygen atoms in total. The molecule has 0 heterocycles. The molecule has 12 bridgehead atoms. The van der Waals surface area contributed by atoms with E-state index in [4.69, 9.17) is 9.47 Å². The molecule has 11 fully saturated rings. The Morgan fingerprint density at radius 1 is 0.778 bits per heavy atom. The highest BCUT2D eigenvalue weighted by Gasteiger charge is 2.67. The molecule has 0 radical (unpaired) electrons. The van der Waals surface area contributed by atoms with Crippen molar-refractivity contribution in [3.63, 3.8) is 0 Å². The van der Waals surface area contributed by atoms with Gasteiger partial charge in [-0.25, -0.2) is 4.79 Å². The van der Waals surface area contributed by atoms with E-state index in [-0.39, 0.29) is 23.4 Å². The minimum Gasteiger partial charge on any atom is -0.461 e. The summed E-state index contributed by atoms with van der Waals surface area (Å²) in [6, 6.07) is 0. The molecular weight excluding hydrogens is 462 g/mol. The summed E-state index contributed by atoms with van der Waals surface area (Å²) in [5.41, 5.74) is -1.10. The lowest BCUT2D eigenvalue weighted by Crippen LogP contribution is -2.61. The average molecular weight is 503 g/mol.